The molecule has 0 saturated heterocycles. The predicted octanol–water partition coefficient (Wildman–Crippen LogP) is 5.98. The first-order valence-electron chi connectivity index (χ1n) is 11.4. The van der Waals surface area contributed by atoms with Crippen LogP contribution in [0.3, 0.4) is 0 Å². The molecule has 180 valence electrons. The number of hydrogen-bond acceptors (Lipinski definition) is 6. The van der Waals surface area contributed by atoms with E-state index in [1.165, 1.54) is 7.11 Å². The second kappa shape index (κ2) is 11.7. The molecule has 1 N–H and O–H groups in total. The van der Waals surface area contributed by atoms with Crippen molar-refractivity contribution >= 4 is 17.6 Å². The lowest BCUT2D eigenvalue weighted by atomic mass is 9.91. The van der Waals surface area contributed by atoms with Crippen LogP contribution in [-0.2, 0) is 9.53 Å². The quantitative estimate of drug-likeness (QED) is 0.459. The Morgan fingerprint density at radius 1 is 1.09 bits per heavy atom. The lowest BCUT2D eigenvalue weighted by Gasteiger charge is -2.25. The van der Waals surface area contributed by atoms with Crippen LogP contribution in [0.5, 0.6) is 17.2 Å². The second-order valence-corrected chi connectivity index (χ2v) is 7.66. The Morgan fingerprint density at radius 3 is 2.49 bits per heavy atom. The maximum absolute atomic E-state index is 12.5. The number of carbonyl (C=O) groups excluding carboxylic acids is 2. The van der Waals surface area contributed by atoms with Crippen LogP contribution in [0.25, 0.3) is 0 Å². The minimum atomic E-state index is -0.480. The zero-order chi connectivity index (χ0) is 25.4. The van der Waals surface area contributed by atoms with Crippen LogP contribution in [-0.4, -0.2) is 25.6 Å². The van der Waals surface area contributed by atoms with E-state index in [0.29, 0.717) is 41.4 Å². The number of nitrogens with one attached hydrogen (secondary N) is 1. The van der Waals surface area contributed by atoms with E-state index in [0.717, 1.165) is 11.3 Å². The summed E-state index contributed by atoms with van der Waals surface area (Å²) in [5.41, 5.74) is 3.13. The number of anilines is 1. The van der Waals surface area contributed by atoms with Gasteiger partial charge in [0, 0.05) is 22.9 Å². The first kappa shape index (κ1) is 25.3. The molecule has 0 radical (unpaired) electrons. The molecule has 0 aliphatic carbocycles. The smallest absolute Gasteiger partial charge is 0.313 e. The van der Waals surface area contributed by atoms with Gasteiger partial charge in [-0.15, -0.1) is 0 Å². The first-order valence-corrected chi connectivity index (χ1v) is 11.4. The molecule has 7 nitrogen and oxygen atoms in total. The molecule has 3 aromatic rings. The van der Waals surface area contributed by atoms with Gasteiger partial charge in [0.25, 0.3) is 5.91 Å². The molecule has 0 fully saturated rings. The van der Waals surface area contributed by atoms with Crippen molar-refractivity contribution in [3.05, 3.63) is 82.9 Å². The number of esters is 1. The number of carbonyl (C=O) groups is 2. The van der Waals surface area contributed by atoms with Gasteiger partial charge < -0.3 is 19.5 Å². The number of rotatable bonds is 5. The van der Waals surface area contributed by atoms with Crippen LogP contribution in [0.1, 0.15) is 53.2 Å². The van der Waals surface area contributed by atoms with Gasteiger partial charge >= 0.3 is 5.97 Å². The summed E-state index contributed by atoms with van der Waals surface area (Å²) in [6.45, 7) is 6.32. The largest absolute Gasteiger partial charge is 0.493 e. The fourth-order valence-electron chi connectivity index (χ4n) is 3.70. The summed E-state index contributed by atoms with van der Waals surface area (Å²) < 4.78 is 16.5. The van der Waals surface area contributed by atoms with E-state index in [9.17, 15) is 14.9 Å². The summed E-state index contributed by atoms with van der Waals surface area (Å²) in [6, 6.07) is 19.5. The molecular formula is C28H28N2O5. The predicted molar refractivity (Wildman–Crippen MR) is 133 cm³/mol. The van der Waals surface area contributed by atoms with E-state index >= 15 is 0 Å². The van der Waals surface area contributed by atoms with Crippen molar-refractivity contribution in [1.29, 1.82) is 5.26 Å². The molecule has 3 aromatic carbocycles. The summed E-state index contributed by atoms with van der Waals surface area (Å²) in [4.78, 5) is 24.6. The summed E-state index contributed by atoms with van der Waals surface area (Å²) in [6.07, 6.45) is 0.483. The van der Waals surface area contributed by atoms with Gasteiger partial charge in [0.2, 0.25) is 0 Å². The van der Waals surface area contributed by atoms with Gasteiger partial charge in [0.05, 0.1) is 25.2 Å². The molecular weight excluding hydrogens is 444 g/mol. The van der Waals surface area contributed by atoms with Crippen molar-refractivity contribution < 1.29 is 23.8 Å². The average Bonchev–Trinajstić information content (AvgIpc) is 2.89. The summed E-state index contributed by atoms with van der Waals surface area (Å²) in [7, 11) is 1.34. The zero-order valence-electron chi connectivity index (χ0n) is 20.3. The number of hydrogen-bond donors (Lipinski definition) is 1. The summed E-state index contributed by atoms with van der Waals surface area (Å²) >= 11 is 0. The normalized spacial score (nSPS) is 13.6. The Balaban J connectivity index is 0.00000167. The number of nitriles is 1. The molecule has 1 aliphatic heterocycles. The number of fused-ring (bicyclic) bond motifs is 1. The molecule has 1 atom stereocenters. The maximum Gasteiger partial charge on any atom is 0.313 e. The standard InChI is InChI=1S/C26H22N2O5.C2H6/c1-16-4-3-5-19(12-16)28-25(29)17-6-8-20(9-7-17)33-23-14-24-22(13-18(23)15-27)21(10-11-32-24)26(30)31-2;1-2/h3-9,12-14,21H,10-11H2,1-2H3,(H,28,29);1-2H3. The average molecular weight is 473 g/mol. The van der Waals surface area contributed by atoms with Crippen molar-refractivity contribution in [3.8, 4) is 23.3 Å². The second-order valence-electron chi connectivity index (χ2n) is 7.66. The van der Waals surface area contributed by atoms with E-state index in [-0.39, 0.29) is 17.4 Å². The van der Waals surface area contributed by atoms with Gasteiger partial charge in [-0.2, -0.15) is 5.26 Å². The van der Waals surface area contributed by atoms with Crippen LogP contribution in [0.15, 0.2) is 60.7 Å². The molecule has 1 amide bonds. The van der Waals surface area contributed by atoms with Gasteiger partial charge in [0.1, 0.15) is 23.3 Å². The lowest BCUT2D eigenvalue weighted by molar-refractivity contribution is -0.143. The number of amides is 1. The van der Waals surface area contributed by atoms with Crippen molar-refractivity contribution in [1.82, 2.24) is 0 Å². The summed E-state index contributed by atoms with van der Waals surface area (Å²) in [5, 5.41) is 12.5. The third-order valence-electron chi connectivity index (χ3n) is 5.38. The zero-order valence-corrected chi connectivity index (χ0v) is 20.3. The molecule has 1 unspecified atom stereocenters. The monoisotopic (exact) mass is 472 g/mol. The van der Waals surface area contributed by atoms with Gasteiger partial charge in [-0.25, -0.2) is 0 Å². The Morgan fingerprint density at radius 2 is 1.83 bits per heavy atom. The molecule has 0 aromatic heterocycles. The van der Waals surface area contributed by atoms with E-state index in [1.807, 2.05) is 45.0 Å². The van der Waals surface area contributed by atoms with E-state index in [2.05, 4.69) is 11.4 Å². The van der Waals surface area contributed by atoms with E-state index in [4.69, 9.17) is 14.2 Å². The highest BCUT2D eigenvalue weighted by Gasteiger charge is 2.30. The van der Waals surface area contributed by atoms with Gasteiger partial charge in [-0.3, -0.25) is 9.59 Å². The molecule has 7 heteroatoms. The highest BCUT2D eigenvalue weighted by molar-refractivity contribution is 6.04. The van der Waals surface area contributed by atoms with Crippen molar-refractivity contribution in [2.45, 2.75) is 33.1 Å². The molecule has 1 heterocycles. The SMILES string of the molecule is CC.COC(=O)C1CCOc2cc(Oc3ccc(C(=O)Nc4cccc(C)c4)cc3)c(C#N)cc21. The maximum atomic E-state index is 12.5. The van der Waals surface area contributed by atoms with Crippen LogP contribution in [0, 0.1) is 18.3 Å². The fourth-order valence-corrected chi connectivity index (χ4v) is 3.70. The molecule has 35 heavy (non-hydrogen) atoms. The molecule has 4 rings (SSSR count). The molecule has 0 spiro atoms. The molecule has 0 bridgehead atoms. The molecule has 1 aliphatic rings. The van der Waals surface area contributed by atoms with Crippen LogP contribution >= 0.6 is 0 Å². The third kappa shape index (κ3) is 5.98. The Bertz CT molecular complexity index is 1250. The third-order valence-corrected chi connectivity index (χ3v) is 5.38. The topological polar surface area (TPSA) is 97.7 Å². The number of aryl methyl sites for hydroxylation is 1. The highest BCUT2D eigenvalue weighted by Crippen LogP contribution is 2.40. The van der Waals surface area contributed by atoms with Crippen molar-refractivity contribution in [2.75, 3.05) is 19.0 Å². The Kier molecular flexibility index (Phi) is 8.47. The van der Waals surface area contributed by atoms with Crippen molar-refractivity contribution in [2.24, 2.45) is 0 Å². The van der Waals surface area contributed by atoms with Gasteiger partial charge in [-0.1, -0.05) is 26.0 Å². The van der Waals surface area contributed by atoms with E-state index < -0.39 is 5.92 Å². The number of ether oxygens (including phenoxy) is 3. The minimum Gasteiger partial charge on any atom is -0.493 e. The van der Waals surface area contributed by atoms with Crippen LogP contribution < -0.4 is 14.8 Å². The Labute approximate surface area is 205 Å². The summed E-state index contributed by atoms with van der Waals surface area (Å²) in [5.74, 6) is 0.168. The Hall–Kier alpha value is -4.31. The fraction of sp³-hybridized carbons (Fsp3) is 0.250. The first-order chi connectivity index (χ1) is 17.0. The minimum absolute atomic E-state index is 0.235. The van der Waals surface area contributed by atoms with Gasteiger partial charge in [-0.05, 0) is 61.4 Å². The highest BCUT2D eigenvalue weighted by atomic mass is 16.5. The van der Waals surface area contributed by atoms with Crippen LogP contribution in [0.4, 0.5) is 5.69 Å². The number of nitrogens with zero attached hydrogens (tertiary/aromatic N) is 1. The molecule has 0 saturated carbocycles. The number of methoxy groups -OCH3 is 1. The van der Waals surface area contributed by atoms with Crippen LogP contribution in [0.2, 0.25) is 0 Å². The lowest BCUT2D eigenvalue weighted by Crippen LogP contribution is -2.22. The van der Waals surface area contributed by atoms with Crippen molar-refractivity contribution in [3.63, 3.8) is 0 Å². The number of benzene rings is 3. The van der Waals surface area contributed by atoms with E-state index in [1.54, 1.807) is 36.4 Å². The van der Waals surface area contributed by atoms with Gasteiger partial charge in [0.15, 0.2) is 0 Å².